The minimum atomic E-state index is -2.00. The van der Waals surface area contributed by atoms with Crippen LogP contribution in [0, 0.1) is 23.3 Å². The average Bonchev–Trinajstić information content (AvgIpc) is 3.05. The zero-order valence-electron chi connectivity index (χ0n) is 29.8. The normalized spacial score (nSPS) is 12.2. The van der Waals surface area contributed by atoms with Gasteiger partial charge in [0.25, 0.3) is 0 Å². The van der Waals surface area contributed by atoms with Gasteiger partial charge in [-0.2, -0.15) is 0 Å². The first-order valence-corrected chi connectivity index (χ1v) is 19.5. The minimum Gasteiger partial charge on any atom is -0.215 e. The SMILES string of the molecule is CC(C)[Si](C#Cc1c2cc3ccccc3cc2c(C#Cc2ccc(N([O])C(C)(C)C)cc2)c2cc3ccccc3cc12)(C(C)C)C(C)C. The summed E-state index contributed by atoms with van der Waals surface area (Å²) in [6, 6.07) is 34.0. The van der Waals surface area contributed by atoms with Gasteiger partial charge in [0.15, 0.2) is 0 Å². The number of fused-ring (bicyclic) bond motifs is 4. The fourth-order valence-corrected chi connectivity index (χ4v) is 12.9. The fourth-order valence-electron chi connectivity index (χ4n) is 7.67. The van der Waals surface area contributed by atoms with Crippen molar-refractivity contribution in [3.05, 3.63) is 114 Å². The van der Waals surface area contributed by atoms with Crippen LogP contribution in [0.15, 0.2) is 97.1 Å². The van der Waals surface area contributed by atoms with Gasteiger partial charge in [-0.3, -0.25) is 0 Å². The first kappa shape index (κ1) is 33.4. The lowest BCUT2D eigenvalue weighted by Gasteiger charge is -2.38. The highest BCUT2D eigenvalue weighted by atomic mass is 28.3. The molecule has 0 saturated heterocycles. The highest BCUT2D eigenvalue weighted by Crippen LogP contribution is 2.42. The smallest absolute Gasteiger partial charge is 0.146 e. The van der Waals surface area contributed by atoms with E-state index in [4.69, 9.17) is 0 Å². The lowest BCUT2D eigenvalue weighted by Crippen LogP contribution is -2.43. The van der Waals surface area contributed by atoms with E-state index in [1.165, 1.54) is 21.5 Å². The van der Waals surface area contributed by atoms with Crippen LogP contribution in [0.3, 0.4) is 0 Å². The summed E-state index contributed by atoms with van der Waals surface area (Å²) >= 11 is 0. The van der Waals surface area contributed by atoms with E-state index in [0.29, 0.717) is 22.3 Å². The largest absolute Gasteiger partial charge is 0.215 e. The molecule has 3 heteroatoms. The second kappa shape index (κ2) is 12.8. The average molecular weight is 645 g/mol. The predicted molar refractivity (Wildman–Crippen MR) is 210 cm³/mol. The molecule has 6 aromatic rings. The molecule has 0 spiro atoms. The maximum atomic E-state index is 12.8. The van der Waals surface area contributed by atoms with Crippen molar-refractivity contribution in [2.24, 2.45) is 0 Å². The summed E-state index contributed by atoms with van der Waals surface area (Å²) in [7, 11) is -2.00. The van der Waals surface area contributed by atoms with Gasteiger partial charge in [0.1, 0.15) is 8.07 Å². The summed E-state index contributed by atoms with van der Waals surface area (Å²) in [5.74, 6) is 11.0. The molecule has 1 radical (unpaired) electrons. The number of rotatable bonds is 4. The number of hydrogen-bond donors (Lipinski definition) is 0. The van der Waals surface area contributed by atoms with Crippen molar-refractivity contribution in [2.45, 2.75) is 84.5 Å². The first-order chi connectivity index (χ1) is 22.8. The molecule has 0 heterocycles. The van der Waals surface area contributed by atoms with Gasteiger partial charge in [-0.25, -0.2) is 5.06 Å². The Morgan fingerprint density at radius 3 is 1.27 bits per heavy atom. The van der Waals surface area contributed by atoms with Gasteiger partial charge in [-0.1, -0.05) is 113 Å². The summed E-state index contributed by atoms with van der Waals surface area (Å²) < 4.78 is 0. The number of anilines is 1. The molecule has 0 aliphatic carbocycles. The van der Waals surface area contributed by atoms with Gasteiger partial charge < -0.3 is 0 Å². The van der Waals surface area contributed by atoms with Gasteiger partial charge in [0.2, 0.25) is 0 Å². The number of hydroxylamine groups is 1. The van der Waals surface area contributed by atoms with Crippen molar-refractivity contribution in [3.8, 4) is 23.3 Å². The van der Waals surface area contributed by atoms with Crippen molar-refractivity contribution >= 4 is 56.9 Å². The molecular weight excluding hydrogens is 599 g/mol. The second-order valence-electron chi connectivity index (χ2n) is 15.1. The van der Waals surface area contributed by atoms with Crippen molar-refractivity contribution < 1.29 is 5.21 Å². The molecule has 0 fully saturated rings. The molecular formula is C45H46NOSi. The molecule has 0 amide bonds. The monoisotopic (exact) mass is 644 g/mol. The summed E-state index contributed by atoms with van der Waals surface area (Å²) in [5, 5.41) is 23.1. The van der Waals surface area contributed by atoms with E-state index < -0.39 is 13.6 Å². The van der Waals surface area contributed by atoms with Crippen LogP contribution in [0.4, 0.5) is 5.69 Å². The van der Waals surface area contributed by atoms with Crippen LogP contribution in [0.1, 0.15) is 79.0 Å². The van der Waals surface area contributed by atoms with Gasteiger partial charge in [-0.05, 0) is 129 Å². The van der Waals surface area contributed by atoms with Crippen LogP contribution in [-0.2, 0) is 5.21 Å². The van der Waals surface area contributed by atoms with E-state index in [-0.39, 0.29) is 0 Å². The van der Waals surface area contributed by atoms with E-state index >= 15 is 0 Å². The molecule has 0 N–H and O–H groups in total. The molecule has 0 bridgehead atoms. The quantitative estimate of drug-likeness (QED) is 0.0810. The van der Waals surface area contributed by atoms with Crippen molar-refractivity contribution in [1.82, 2.24) is 0 Å². The molecule has 0 atom stereocenters. The highest BCUT2D eigenvalue weighted by molar-refractivity contribution is 6.90. The van der Waals surface area contributed by atoms with E-state index in [9.17, 15) is 5.21 Å². The third kappa shape index (κ3) is 5.99. The van der Waals surface area contributed by atoms with Gasteiger partial charge in [-0.15, -0.1) is 5.54 Å². The minimum absolute atomic E-state index is 0.511. The van der Waals surface area contributed by atoms with Gasteiger partial charge in [0, 0.05) is 16.7 Å². The molecule has 241 valence electrons. The van der Waals surface area contributed by atoms with E-state index in [2.05, 4.69) is 138 Å². The topological polar surface area (TPSA) is 23.1 Å². The van der Waals surface area contributed by atoms with Crippen molar-refractivity contribution in [3.63, 3.8) is 0 Å². The molecule has 0 aliphatic rings. The first-order valence-electron chi connectivity index (χ1n) is 17.2. The van der Waals surface area contributed by atoms with Gasteiger partial charge in [0.05, 0.1) is 11.2 Å². The Kier molecular flexibility index (Phi) is 8.91. The maximum Gasteiger partial charge on any atom is 0.146 e. The number of benzene rings is 6. The molecule has 6 aromatic carbocycles. The van der Waals surface area contributed by atoms with Crippen LogP contribution >= 0.6 is 0 Å². The lowest BCUT2D eigenvalue weighted by molar-refractivity contribution is 0.102. The Labute approximate surface area is 287 Å². The van der Waals surface area contributed by atoms with Crippen molar-refractivity contribution in [1.29, 1.82) is 0 Å². The molecule has 48 heavy (non-hydrogen) atoms. The summed E-state index contributed by atoms with van der Waals surface area (Å²) in [4.78, 5) is 0. The maximum absolute atomic E-state index is 12.8. The van der Waals surface area contributed by atoms with Crippen LogP contribution in [-0.4, -0.2) is 13.6 Å². The number of nitrogens with zero attached hydrogens (tertiary/aromatic N) is 1. The lowest BCUT2D eigenvalue weighted by atomic mass is 9.89. The predicted octanol–water partition coefficient (Wildman–Crippen LogP) is 12.2. The van der Waals surface area contributed by atoms with E-state index in [0.717, 1.165) is 43.3 Å². The van der Waals surface area contributed by atoms with Gasteiger partial charge >= 0.3 is 0 Å². The van der Waals surface area contributed by atoms with Crippen molar-refractivity contribution in [2.75, 3.05) is 5.06 Å². The third-order valence-electron chi connectivity index (χ3n) is 10.2. The second-order valence-corrected chi connectivity index (χ2v) is 20.7. The zero-order chi connectivity index (χ0) is 34.4. The zero-order valence-corrected chi connectivity index (χ0v) is 30.8. The third-order valence-corrected chi connectivity index (χ3v) is 16.5. The Balaban J connectivity index is 1.69. The highest BCUT2D eigenvalue weighted by Gasteiger charge is 2.41. The van der Waals surface area contributed by atoms with Crippen LogP contribution < -0.4 is 5.06 Å². The number of hydrogen-bond acceptors (Lipinski definition) is 1. The Morgan fingerprint density at radius 1 is 0.542 bits per heavy atom. The molecule has 0 saturated carbocycles. The molecule has 6 rings (SSSR count). The van der Waals surface area contributed by atoms with E-state index in [1.807, 2.05) is 45.0 Å². The van der Waals surface area contributed by atoms with Crippen LogP contribution in [0.5, 0.6) is 0 Å². The van der Waals surface area contributed by atoms with E-state index in [1.54, 1.807) is 0 Å². The molecule has 0 aliphatic heterocycles. The molecule has 0 aromatic heterocycles. The standard InChI is InChI=1S/C45H46NOSi/c1-30(2)48(31(3)4,32(5)6)25-24-40-43-28-36-16-12-10-14-34(36)26-41(43)39(42-27-35-15-11-13-17-37(35)29-44(40)42)23-20-33-18-21-38(22-19-33)46(47)45(7,8)9/h10-19,21-22,26-32H,1-9H3. The summed E-state index contributed by atoms with van der Waals surface area (Å²) in [6.45, 7) is 20.0. The summed E-state index contributed by atoms with van der Waals surface area (Å²) in [6.07, 6.45) is 0. The molecule has 2 nitrogen and oxygen atoms in total. The Morgan fingerprint density at radius 2 is 0.917 bits per heavy atom. The molecule has 0 unspecified atom stereocenters. The summed E-state index contributed by atoms with van der Waals surface area (Å²) in [5.41, 5.74) is 8.77. The Hall–Kier alpha value is -4.54. The van der Waals surface area contributed by atoms with Crippen LogP contribution in [0.25, 0.3) is 43.1 Å². The fraction of sp³-hybridized carbons (Fsp3) is 0.289. The Bertz CT molecular complexity index is 2160. The van der Waals surface area contributed by atoms with Crippen LogP contribution in [0.2, 0.25) is 16.6 Å².